The number of thiophene rings is 1. The van der Waals surface area contributed by atoms with Crippen LogP contribution in [0.1, 0.15) is 33.9 Å². The van der Waals surface area contributed by atoms with E-state index >= 15 is 0 Å². The van der Waals surface area contributed by atoms with E-state index in [1.165, 1.54) is 4.88 Å². The van der Waals surface area contributed by atoms with Crippen LogP contribution in [-0.4, -0.2) is 15.7 Å². The number of benzene rings is 1. The number of hydrogen-bond acceptors (Lipinski definition) is 4. The minimum atomic E-state index is -0.0291. The number of rotatable bonds is 3. The highest BCUT2D eigenvalue weighted by molar-refractivity contribution is 7.09. The van der Waals surface area contributed by atoms with Crippen LogP contribution in [0.15, 0.2) is 48.0 Å². The molecule has 1 atom stereocenters. The first kappa shape index (κ1) is 14.7. The second-order valence-corrected chi connectivity index (χ2v) is 6.76. The lowest BCUT2D eigenvalue weighted by atomic mass is 9.87. The second-order valence-electron chi connectivity index (χ2n) is 5.72. The molecule has 2 aromatic heterocycles. The molecule has 6 heteroatoms. The van der Waals surface area contributed by atoms with E-state index in [2.05, 4.69) is 22.6 Å². The van der Waals surface area contributed by atoms with Crippen LogP contribution in [0.4, 0.5) is 5.82 Å². The third-order valence-electron chi connectivity index (χ3n) is 4.22. The zero-order valence-corrected chi connectivity index (χ0v) is 13.6. The van der Waals surface area contributed by atoms with Crippen molar-refractivity contribution < 1.29 is 4.79 Å². The standard InChI is InChI=1S/C18H14N4OS/c19-9-12-3-5-13(6-4-12)15-8-17(23)21-18-16(15)10-20-22(18)11-14-2-1-7-24-14/h1-7,10,15H,8,11H2,(H,21,23)/t15-/m0/s1. The molecule has 4 rings (SSSR count). The van der Waals surface area contributed by atoms with Crippen molar-refractivity contribution in [1.82, 2.24) is 9.78 Å². The molecule has 0 aliphatic carbocycles. The Morgan fingerprint density at radius 2 is 2.17 bits per heavy atom. The molecule has 1 amide bonds. The Morgan fingerprint density at radius 1 is 1.33 bits per heavy atom. The number of anilines is 1. The van der Waals surface area contributed by atoms with Gasteiger partial charge in [0.1, 0.15) is 5.82 Å². The number of nitriles is 1. The summed E-state index contributed by atoms with van der Waals surface area (Å²) in [4.78, 5) is 13.4. The van der Waals surface area contributed by atoms with Crippen LogP contribution in [-0.2, 0) is 11.3 Å². The Hall–Kier alpha value is -2.91. The van der Waals surface area contributed by atoms with E-state index in [0.717, 1.165) is 16.9 Å². The van der Waals surface area contributed by atoms with E-state index in [1.54, 1.807) is 23.5 Å². The minimum Gasteiger partial charge on any atom is -0.311 e. The van der Waals surface area contributed by atoms with Gasteiger partial charge in [0.25, 0.3) is 0 Å². The highest BCUT2D eigenvalue weighted by Crippen LogP contribution is 2.37. The third-order valence-corrected chi connectivity index (χ3v) is 5.08. The normalized spacial score (nSPS) is 16.3. The quantitative estimate of drug-likeness (QED) is 0.798. The molecule has 0 saturated carbocycles. The van der Waals surface area contributed by atoms with E-state index in [0.29, 0.717) is 18.5 Å². The molecule has 1 N–H and O–H groups in total. The van der Waals surface area contributed by atoms with Gasteiger partial charge in [-0.1, -0.05) is 18.2 Å². The molecule has 118 valence electrons. The van der Waals surface area contributed by atoms with Crippen LogP contribution in [0.5, 0.6) is 0 Å². The Kier molecular flexibility index (Phi) is 3.63. The molecule has 0 unspecified atom stereocenters. The zero-order chi connectivity index (χ0) is 16.5. The van der Waals surface area contributed by atoms with Gasteiger partial charge in [0.2, 0.25) is 5.91 Å². The first-order valence-electron chi connectivity index (χ1n) is 7.62. The monoisotopic (exact) mass is 334 g/mol. The summed E-state index contributed by atoms with van der Waals surface area (Å²) in [5.41, 5.74) is 2.67. The molecule has 5 nitrogen and oxygen atoms in total. The Balaban J connectivity index is 1.70. The molecule has 24 heavy (non-hydrogen) atoms. The average Bonchev–Trinajstić information content (AvgIpc) is 3.25. The molecule has 0 fully saturated rings. The van der Waals surface area contributed by atoms with Gasteiger partial charge in [0.05, 0.1) is 24.4 Å². The lowest BCUT2D eigenvalue weighted by molar-refractivity contribution is -0.116. The fraction of sp³-hybridized carbons (Fsp3) is 0.167. The summed E-state index contributed by atoms with van der Waals surface area (Å²) in [5.74, 6) is 0.734. The molecule has 1 aliphatic rings. The Labute approximate surface area is 143 Å². The topological polar surface area (TPSA) is 70.7 Å². The van der Waals surface area contributed by atoms with Crippen molar-refractivity contribution in [3.8, 4) is 6.07 Å². The van der Waals surface area contributed by atoms with Crippen LogP contribution >= 0.6 is 11.3 Å². The van der Waals surface area contributed by atoms with Gasteiger partial charge < -0.3 is 5.32 Å². The van der Waals surface area contributed by atoms with Gasteiger partial charge in [-0.2, -0.15) is 10.4 Å². The lowest BCUT2D eigenvalue weighted by Gasteiger charge is -2.23. The Bertz CT molecular complexity index is 919. The van der Waals surface area contributed by atoms with Crippen LogP contribution in [0.2, 0.25) is 0 Å². The molecule has 0 bridgehead atoms. The summed E-state index contributed by atoms with van der Waals surface area (Å²) >= 11 is 1.67. The average molecular weight is 334 g/mol. The molecule has 1 aliphatic heterocycles. The third kappa shape index (κ3) is 2.59. The molecule has 0 saturated heterocycles. The molecular formula is C18H14N4OS. The predicted molar refractivity (Wildman–Crippen MR) is 91.9 cm³/mol. The SMILES string of the molecule is N#Cc1ccc([C@@H]2CC(=O)Nc3c2cnn3Cc2cccs2)cc1. The first-order valence-corrected chi connectivity index (χ1v) is 8.50. The molecule has 0 radical (unpaired) electrons. The molecular weight excluding hydrogens is 320 g/mol. The van der Waals surface area contributed by atoms with E-state index in [9.17, 15) is 4.79 Å². The van der Waals surface area contributed by atoms with E-state index < -0.39 is 0 Å². The van der Waals surface area contributed by atoms with Crippen LogP contribution in [0.3, 0.4) is 0 Å². The minimum absolute atomic E-state index is 0.00945. The Morgan fingerprint density at radius 3 is 2.88 bits per heavy atom. The maximum Gasteiger partial charge on any atom is 0.226 e. The molecule has 3 aromatic rings. The van der Waals surface area contributed by atoms with Crippen molar-refractivity contribution in [2.45, 2.75) is 18.9 Å². The zero-order valence-electron chi connectivity index (χ0n) is 12.8. The summed E-state index contributed by atoms with van der Waals surface area (Å²) < 4.78 is 1.84. The van der Waals surface area contributed by atoms with Crippen molar-refractivity contribution in [2.75, 3.05) is 5.32 Å². The summed E-state index contributed by atoms with van der Waals surface area (Å²) in [6, 6.07) is 13.6. The maximum absolute atomic E-state index is 12.2. The maximum atomic E-state index is 12.2. The molecule has 3 heterocycles. The van der Waals surface area contributed by atoms with Crippen LogP contribution in [0, 0.1) is 11.3 Å². The van der Waals surface area contributed by atoms with Crippen molar-refractivity contribution in [2.24, 2.45) is 0 Å². The number of carbonyl (C=O) groups is 1. The number of nitrogens with one attached hydrogen (secondary N) is 1. The number of amides is 1. The van der Waals surface area contributed by atoms with E-state index in [1.807, 2.05) is 34.5 Å². The van der Waals surface area contributed by atoms with Crippen LogP contribution < -0.4 is 5.32 Å². The fourth-order valence-corrected chi connectivity index (χ4v) is 3.71. The van der Waals surface area contributed by atoms with E-state index in [-0.39, 0.29) is 11.8 Å². The van der Waals surface area contributed by atoms with Crippen molar-refractivity contribution in [1.29, 1.82) is 5.26 Å². The summed E-state index contributed by atoms with van der Waals surface area (Å²) in [6.45, 7) is 0.646. The lowest BCUT2D eigenvalue weighted by Crippen LogP contribution is -2.25. The summed E-state index contributed by atoms with van der Waals surface area (Å²) in [7, 11) is 0. The fourth-order valence-electron chi connectivity index (χ4n) is 3.03. The summed E-state index contributed by atoms with van der Waals surface area (Å²) in [5, 5.41) is 18.4. The van der Waals surface area contributed by atoms with Gasteiger partial charge in [0.15, 0.2) is 0 Å². The molecule has 1 aromatic carbocycles. The number of hydrogen-bond donors (Lipinski definition) is 1. The van der Waals surface area contributed by atoms with Gasteiger partial charge >= 0.3 is 0 Å². The number of carbonyl (C=O) groups excluding carboxylic acids is 1. The number of fused-ring (bicyclic) bond motifs is 1. The van der Waals surface area contributed by atoms with Gasteiger partial charge in [-0.15, -0.1) is 11.3 Å². The highest BCUT2D eigenvalue weighted by atomic mass is 32.1. The van der Waals surface area contributed by atoms with Crippen LogP contribution in [0.25, 0.3) is 0 Å². The highest BCUT2D eigenvalue weighted by Gasteiger charge is 2.29. The predicted octanol–water partition coefficient (Wildman–Crippen LogP) is 3.34. The van der Waals surface area contributed by atoms with Crippen molar-refractivity contribution in [3.05, 3.63) is 69.5 Å². The van der Waals surface area contributed by atoms with Gasteiger partial charge in [0, 0.05) is 22.8 Å². The second kappa shape index (κ2) is 5.95. The van der Waals surface area contributed by atoms with E-state index in [4.69, 9.17) is 5.26 Å². The molecule has 0 spiro atoms. The largest absolute Gasteiger partial charge is 0.311 e. The van der Waals surface area contributed by atoms with Crippen molar-refractivity contribution >= 4 is 23.1 Å². The number of aromatic nitrogens is 2. The first-order chi connectivity index (χ1) is 11.7. The smallest absolute Gasteiger partial charge is 0.226 e. The van der Waals surface area contributed by atoms with Gasteiger partial charge in [-0.25, -0.2) is 4.68 Å². The van der Waals surface area contributed by atoms with Gasteiger partial charge in [-0.3, -0.25) is 4.79 Å². The summed E-state index contributed by atoms with van der Waals surface area (Å²) in [6.07, 6.45) is 2.23. The van der Waals surface area contributed by atoms with Crippen molar-refractivity contribution in [3.63, 3.8) is 0 Å². The number of nitrogens with zero attached hydrogens (tertiary/aromatic N) is 3. The van der Waals surface area contributed by atoms with Gasteiger partial charge in [-0.05, 0) is 29.1 Å².